The van der Waals surface area contributed by atoms with Crippen LogP contribution in [0.1, 0.15) is 34.5 Å². The molecule has 1 aliphatic rings. The third-order valence-electron chi connectivity index (χ3n) is 5.30. The standard InChI is InChI=1S/C22H24Cl2N4O4/c1-13-18(8-14(10-25)21(30)27-13)22(31)26-11-15(29)12-28-6-4-16(5-7-28)32-17-2-3-19(23)20(24)9-17/h2-3,8-9,15-16,29H,4-7,11-12H2,1H3,(H,26,31)(H,27,30)/t15-/m1/s1. The van der Waals surface area contributed by atoms with Crippen LogP contribution in [0.15, 0.2) is 29.1 Å². The van der Waals surface area contributed by atoms with Crippen molar-refractivity contribution in [2.45, 2.75) is 32.0 Å². The Hall–Kier alpha value is -2.57. The number of nitriles is 1. The van der Waals surface area contributed by atoms with Gasteiger partial charge in [-0.25, -0.2) is 0 Å². The van der Waals surface area contributed by atoms with Gasteiger partial charge in [-0.2, -0.15) is 5.26 Å². The van der Waals surface area contributed by atoms with Crippen molar-refractivity contribution in [3.8, 4) is 11.8 Å². The Morgan fingerprint density at radius 3 is 2.72 bits per heavy atom. The Morgan fingerprint density at radius 2 is 2.06 bits per heavy atom. The molecule has 0 spiro atoms. The van der Waals surface area contributed by atoms with E-state index in [0.29, 0.717) is 28.0 Å². The van der Waals surface area contributed by atoms with E-state index in [-0.39, 0.29) is 23.8 Å². The van der Waals surface area contributed by atoms with Crippen molar-refractivity contribution in [2.75, 3.05) is 26.2 Å². The number of likely N-dealkylation sites (tertiary alicyclic amines) is 1. The van der Waals surface area contributed by atoms with Gasteiger partial charge in [-0.1, -0.05) is 23.2 Å². The summed E-state index contributed by atoms with van der Waals surface area (Å²) in [6.45, 7) is 3.55. The van der Waals surface area contributed by atoms with Crippen molar-refractivity contribution in [3.63, 3.8) is 0 Å². The molecular formula is C22H24Cl2N4O4. The first-order chi connectivity index (χ1) is 15.3. The van der Waals surface area contributed by atoms with Gasteiger partial charge < -0.3 is 25.0 Å². The van der Waals surface area contributed by atoms with Gasteiger partial charge in [0.25, 0.3) is 11.5 Å². The molecule has 1 aromatic heterocycles. The number of nitrogens with one attached hydrogen (secondary N) is 2. The zero-order chi connectivity index (χ0) is 23.3. The quantitative estimate of drug-likeness (QED) is 0.562. The van der Waals surface area contributed by atoms with E-state index in [1.165, 1.54) is 6.07 Å². The van der Waals surface area contributed by atoms with Gasteiger partial charge in [0, 0.05) is 37.9 Å². The van der Waals surface area contributed by atoms with E-state index < -0.39 is 17.6 Å². The first kappa shape index (κ1) is 24.1. The number of piperidine rings is 1. The van der Waals surface area contributed by atoms with E-state index in [9.17, 15) is 14.7 Å². The van der Waals surface area contributed by atoms with Gasteiger partial charge in [-0.15, -0.1) is 0 Å². The minimum Gasteiger partial charge on any atom is -0.490 e. The maximum absolute atomic E-state index is 12.4. The van der Waals surface area contributed by atoms with E-state index in [2.05, 4.69) is 15.2 Å². The smallest absolute Gasteiger partial charge is 0.266 e. The number of benzene rings is 1. The average molecular weight is 479 g/mol. The molecule has 2 aromatic rings. The van der Waals surface area contributed by atoms with Crippen LogP contribution in [-0.2, 0) is 0 Å². The highest BCUT2D eigenvalue weighted by molar-refractivity contribution is 6.42. The SMILES string of the molecule is Cc1[nH]c(=O)c(C#N)cc1C(=O)NC[C@@H](O)CN1CCC(Oc2ccc(Cl)c(Cl)c2)CC1. The van der Waals surface area contributed by atoms with Crippen LogP contribution in [0.3, 0.4) is 0 Å². The zero-order valence-corrected chi connectivity index (χ0v) is 19.0. The molecule has 3 N–H and O–H groups in total. The number of aliphatic hydroxyl groups is 1. The lowest BCUT2D eigenvalue weighted by atomic mass is 10.1. The number of ether oxygens (including phenoxy) is 1. The molecule has 170 valence electrons. The van der Waals surface area contributed by atoms with E-state index in [0.717, 1.165) is 25.9 Å². The monoisotopic (exact) mass is 478 g/mol. The number of H-pyrrole nitrogens is 1. The van der Waals surface area contributed by atoms with Crippen molar-refractivity contribution >= 4 is 29.1 Å². The molecule has 0 radical (unpaired) electrons. The van der Waals surface area contributed by atoms with Gasteiger partial charge in [-0.3, -0.25) is 9.59 Å². The van der Waals surface area contributed by atoms with E-state index in [1.807, 2.05) is 0 Å². The normalized spacial score (nSPS) is 15.7. The molecule has 1 saturated heterocycles. The van der Waals surface area contributed by atoms with Crippen molar-refractivity contribution in [1.29, 1.82) is 5.26 Å². The maximum atomic E-state index is 12.4. The van der Waals surface area contributed by atoms with Gasteiger partial charge >= 0.3 is 0 Å². The largest absolute Gasteiger partial charge is 0.490 e. The summed E-state index contributed by atoms with van der Waals surface area (Å²) in [5, 5.41) is 22.9. The van der Waals surface area contributed by atoms with Crippen LogP contribution in [0, 0.1) is 18.3 Å². The first-order valence-corrected chi connectivity index (χ1v) is 11.0. The number of rotatable bonds is 7. The number of amides is 1. The van der Waals surface area contributed by atoms with Crippen molar-refractivity contribution in [3.05, 3.63) is 61.5 Å². The van der Waals surface area contributed by atoms with Crippen molar-refractivity contribution < 1.29 is 14.6 Å². The molecule has 2 heterocycles. The van der Waals surface area contributed by atoms with E-state index >= 15 is 0 Å². The molecule has 0 saturated carbocycles. The molecule has 1 atom stereocenters. The first-order valence-electron chi connectivity index (χ1n) is 10.2. The Kier molecular flexibility index (Phi) is 8.15. The Morgan fingerprint density at radius 1 is 1.34 bits per heavy atom. The highest BCUT2D eigenvalue weighted by Crippen LogP contribution is 2.28. The molecule has 32 heavy (non-hydrogen) atoms. The molecule has 0 aliphatic carbocycles. The highest BCUT2D eigenvalue weighted by Gasteiger charge is 2.23. The molecule has 1 aliphatic heterocycles. The summed E-state index contributed by atoms with van der Waals surface area (Å²) in [5.74, 6) is 0.223. The second kappa shape index (κ2) is 10.8. The molecule has 0 bridgehead atoms. The zero-order valence-electron chi connectivity index (χ0n) is 17.5. The summed E-state index contributed by atoms with van der Waals surface area (Å²) in [6, 6.07) is 8.21. The highest BCUT2D eigenvalue weighted by atomic mass is 35.5. The maximum Gasteiger partial charge on any atom is 0.266 e. The average Bonchev–Trinajstić information content (AvgIpc) is 2.76. The summed E-state index contributed by atoms with van der Waals surface area (Å²) < 4.78 is 5.97. The molecule has 1 fully saturated rings. The third-order valence-corrected chi connectivity index (χ3v) is 6.04. The van der Waals surface area contributed by atoms with Crippen LogP contribution in [0.4, 0.5) is 0 Å². The third kappa shape index (κ3) is 6.24. The lowest BCUT2D eigenvalue weighted by Crippen LogP contribution is -2.45. The van der Waals surface area contributed by atoms with Gasteiger partial charge in [0.1, 0.15) is 23.5 Å². The van der Waals surface area contributed by atoms with Crippen LogP contribution in [0.2, 0.25) is 10.0 Å². The minimum atomic E-state index is -0.759. The van der Waals surface area contributed by atoms with Gasteiger partial charge in [0.2, 0.25) is 0 Å². The van der Waals surface area contributed by atoms with Crippen molar-refractivity contribution in [1.82, 2.24) is 15.2 Å². The summed E-state index contributed by atoms with van der Waals surface area (Å²) >= 11 is 12.0. The number of nitrogens with zero attached hydrogens (tertiary/aromatic N) is 2. The number of carbonyl (C=O) groups is 1. The molecule has 10 heteroatoms. The fourth-order valence-electron chi connectivity index (χ4n) is 3.56. The Bertz CT molecular complexity index is 1070. The number of pyridine rings is 1. The van der Waals surface area contributed by atoms with Crippen LogP contribution in [0.5, 0.6) is 5.75 Å². The number of aryl methyl sites for hydroxylation is 1. The van der Waals surface area contributed by atoms with Crippen LogP contribution in [0.25, 0.3) is 0 Å². The Labute approximate surface area is 195 Å². The fraction of sp³-hybridized carbons (Fsp3) is 0.409. The number of halogens is 2. The number of hydrogen-bond acceptors (Lipinski definition) is 6. The predicted octanol–water partition coefficient (Wildman–Crippen LogP) is 2.50. The van der Waals surface area contributed by atoms with Crippen LogP contribution >= 0.6 is 23.2 Å². The molecule has 1 amide bonds. The van der Waals surface area contributed by atoms with Gasteiger partial charge in [0.05, 0.1) is 21.7 Å². The predicted molar refractivity (Wildman–Crippen MR) is 121 cm³/mol. The summed E-state index contributed by atoms with van der Waals surface area (Å²) in [7, 11) is 0. The lowest BCUT2D eigenvalue weighted by molar-refractivity contribution is 0.0594. The summed E-state index contributed by atoms with van der Waals surface area (Å²) in [6.07, 6.45) is 0.891. The van der Waals surface area contributed by atoms with Crippen molar-refractivity contribution in [2.24, 2.45) is 0 Å². The Balaban J connectivity index is 1.44. The number of carbonyl (C=O) groups excluding carboxylic acids is 1. The van der Waals surface area contributed by atoms with E-state index in [4.69, 9.17) is 33.2 Å². The van der Waals surface area contributed by atoms with Gasteiger partial charge in [0.15, 0.2) is 0 Å². The second-order valence-corrected chi connectivity index (χ2v) is 8.53. The molecule has 8 nitrogen and oxygen atoms in total. The number of hydrogen-bond donors (Lipinski definition) is 3. The lowest BCUT2D eigenvalue weighted by Gasteiger charge is -2.33. The number of aromatic nitrogens is 1. The number of aromatic amines is 1. The topological polar surface area (TPSA) is 118 Å². The van der Waals surface area contributed by atoms with Gasteiger partial charge in [-0.05, 0) is 38.0 Å². The molecule has 0 unspecified atom stereocenters. The number of β-amino-alcohol motifs (C(OH)–C–C–N with tert-alkyl or cyclic N) is 1. The van der Waals surface area contributed by atoms with Crippen LogP contribution in [-0.4, -0.2) is 59.3 Å². The summed E-state index contributed by atoms with van der Waals surface area (Å²) in [5.41, 5.74) is -0.0981. The second-order valence-electron chi connectivity index (χ2n) is 7.72. The molecule has 3 rings (SSSR count). The minimum absolute atomic E-state index is 0.0536. The van der Waals surface area contributed by atoms with Crippen LogP contribution < -0.4 is 15.6 Å². The van der Waals surface area contributed by atoms with E-state index in [1.54, 1.807) is 31.2 Å². The molecule has 1 aromatic carbocycles. The number of aliphatic hydroxyl groups excluding tert-OH is 1. The molecular weight excluding hydrogens is 455 g/mol. The fourth-order valence-corrected chi connectivity index (χ4v) is 3.85. The summed E-state index contributed by atoms with van der Waals surface area (Å²) in [4.78, 5) is 28.6.